The zero-order chi connectivity index (χ0) is 20.4. The molecule has 0 bridgehead atoms. The van der Waals surface area contributed by atoms with Gasteiger partial charge in [-0.3, -0.25) is 0 Å². The Morgan fingerprint density at radius 2 is 1.52 bits per heavy atom. The predicted molar refractivity (Wildman–Crippen MR) is 109 cm³/mol. The van der Waals surface area contributed by atoms with Crippen molar-refractivity contribution >= 4 is 10.9 Å². The van der Waals surface area contributed by atoms with Crippen molar-refractivity contribution in [2.24, 2.45) is 0 Å². The average molecular weight is 395 g/mol. The van der Waals surface area contributed by atoms with E-state index >= 15 is 0 Å². The van der Waals surface area contributed by atoms with Gasteiger partial charge in [0.2, 0.25) is 0 Å². The molecule has 0 unspecified atom stereocenters. The summed E-state index contributed by atoms with van der Waals surface area (Å²) < 4.78 is 43.3. The van der Waals surface area contributed by atoms with Crippen LogP contribution in [0.4, 0.5) is 13.2 Å². The molecule has 0 atom stereocenters. The first-order valence-corrected chi connectivity index (χ1v) is 9.45. The highest BCUT2D eigenvalue weighted by molar-refractivity contribution is 5.86. The van der Waals surface area contributed by atoms with Gasteiger partial charge in [0.1, 0.15) is 5.75 Å². The van der Waals surface area contributed by atoms with Crippen LogP contribution in [0.1, 0.15) is 18.2 Å². The number of benzene rings is 3. The maximum Gasteiger partial charge on any atom is 0.573 e. The number of aryl methyl sites for hydroxylation is 1. The third kappa shape index (κ3) is 4.29. The summed E-state index contributed by atoms with van der Waals surface area (Å²) in [5, 5.41) is 1.12. The predicted octanol–water partition coefficient (Wildman–Crippen LogP) is 6.82. The second-order valence-electron chi connectivity index (χ2n) is 6.91. The van der Waals surface area contributed by atoms with Crippen LogP contribution in [-0.2, 0) is 13.0 Å². The van der Waals surface area contributed by atoms with Gasteiger partial charge in [-0.15, -0.1) is 13.2 Å². The van der Waals surface area contributed by atoms with Crippen LogP contribution >= 0.6 is 0 Å². The Morgan fingerprint density at radius 1 is 0.828 bits per heavy atom. The van der Waals surface area contributed by atoms with E-state index in [2.05, 4.69) is 46.6 Å². The van der Waals surface area contributed by atoms with E-state index in [4.69, 9.17) is 0 Å². The van der Waals surface area contributed by atoms with E-state index in [0.29, 0.717) is 0 Å². The fraction of sp³-hybridized carbons (Fsp3) is 0.167. The highest BCUT2D eigenvalue weighted by atomic mass is 19.4. The Bertz CT molecular complexity index is 1110. The van der Waals surface area contributed by atoms with Gasteiger partial charge in [0, 0.05) is 23.1 Å². The van der Waals surface area contributed by atoms with E-state index in [1.165, 1.54) is 23.4 Å². The number of aromatic nitrogens is 1. The molecule has 0 saturated carbocycles. The van der Waals surface area contributed by atoms with Crippen LogP contribution < -0.4 is 4.74 Å². The first-order chi connectivity index (χ1) is 13.9. The normalized spacial score (nSPS) is 11.7. The first-order valence-electron chi connectivity index (χ1n) is 9.45. The van der Waals surface area contributed by atoms with Crippen LogP contribution in [0, 0.1) is 0 Å². The molecule has 0 saturated heterocycles. The molecule has 29 heavy (non-hydrogen) atoms. The molecular weight excluding hydrogens is 375 g/mol. The average Bonchev–Trinajstić information content (AvgIpc) is 3.05. The lowest BCUT2D eigenvalue weighted by Crippen LogP contribution is -2.16. The van der Waals surface area contributed by atoms with Crippen molar-refractivity contribution in [2.45, 2.75) is 26.3 Å². The zero-order valence-electron chi connectivity index (χ0n) is 15.9. The molecule has 0 N–H and O–H groups in total. The van der Waals surface area contributed by atoms with Crippen molar-refractivity contribution in [3.05, 3.63) is 90.1 Å². The molecule has 0 aliphatic rings. The SMILES string of the molecule is CCc1cc2cc(-c3ccc(OC(F)(F)F)cc3)ccc2n1Cc1ccccc1. The van der Waals surface area contributed by atoms with Crippen molar-refractivity contribution < 1.29 is 17.9 Å². The van der Waals surface area contributed by atoms with E-state index in [1.54, 1.807) is 12.1 Å². The Hall–Kier alpha value is -3.21. The second-order valence-corrected chi connectivity index (χ2v) is 6.91. The molecule has 0 aliphatic heterocycles. The van der Waals surface area contributed by atoms with Gasteiger partial charge in [-0.25, -0.2) is 0 Å². The Balaban J connectivity index is 1.66. The van der Waals surface area contributed by atoms with E-state index in [0.717, 1.165) is 35.0 Å². The Kier molecular flexibility index (Phi) is 5.05. The molecule has 0 aliphatic carbocycles. The van der Waals surface area contributed by atoms with E-state index in [1.807, 2.05) is 24.3 Å². The number of nitrogens with zero attached hydrogens (tertiary/aromatic N) is 1. The van der Waals surface area contributed by atoms with Gasteiger partial charge < -0.3 is 9.30 Å². The second kappa shape index (κ2) is 7.66. The largest absolute Gasteiger partial charge is 0.573 e. The van der Waals surface area contributed by atoms with Crippen molar-refractivity contribution in [3.63, 3.8) is 0 Å². The van der Waals surface area contributed by atoms with Crippen molar-refractivity contribution in [1.29, 1.82) is 0 Å². The molecule has 4 rings (SSSR count). The summed E-state index contributed by atoms with van der Waals surface area (Å²) in [6, 6.07) is 24.6. The van der Waals surface area contributed by atoms with Gasteiger partial charge in [0.25, 0.3) is 0 Å². The summed E-state index contributed by atoms with van der Waals surface area (Å²) >= 11 is 0. The van der Waals surface area contributed by atoms with Crippen LogP contribution in [0.3, 0.4) is 0 Å². The lowest BCUT2D eigenvalue weighted by Gasteiger charge is -2.11. The molecule has 1 aromatic heterocycles. The minimum absolute atomic E-state index is 0.218. The molecule has 0 fully saturated rings. The number of alkyl halides is 3. The van der Waals surface area contributed by atoms with E-state index < -0.39 is 6.36 Å². The minimum Gasteiger partial charge on any atom is -0.406 e. The van der Waals surface area contributed by atoms with Gasteiger partial charge in [-0.2, -0.15) is 0 Å². The molecular formula is C24H20F3NO. The maximum atomic E-state index is 12.3. The smallest absolute Gasteiger partial charge is 0.406 e. The van der Waals surface area contributed by atoms with Crippen LogP contribution in [0.15, 0.2) is 78.9 Å². The summed E-state index contributed by atoms with van der Waals surface area (Å²) in [7, 11) is 0. The van der Waals surface area contributed by atoms with Crippen LogP contribution in [0.25, 0.3) is 22.0 Å². The molecule has 3 aromatic carbocycles. The number of fused-ring (bicyclic) bond motifs is 1. The first kappa shape index (κ1) is 19.1. The lowest BCUT2D eigenvalue weighted by molar-refractivity contribution is -0.274. The topological polar surface area (TPSA) is 14.2 Å². The van der Waals surface area contributed by atoms with E-state index in [-0.39, 0.29) is 5.75 Å². The summed E-state index contributed by atoms with van der Waals surface area (Å²) in [5.41, 5.74) is 5.43. The van der Waals surface area contributed by atoms with Crippen LogP contribution in [0.2, 0.25) is 0 Å². The van der Waals surface area contributed by atoms with Gasteiger partial charge in [-0.05, 0) is 53.4 Å². The molecule has 0 amide bonds. The Morgan fingerprint density at radius 3 is 2.17 bits per heavy atom. The monoisotopic (exact) mass is 395 g/mol. The standard InChI is InChI=1S/C24H20F3NO/c1-2-21-15-20-14-19(18-8-11-22(12-9-18)29-24(25,26)27)10-13-23(20)28(21)16-17-6-4-3-5-7-17/h3-15H,2,16H2,1H3. The van der Waals surface area contributed by atoms with Crippen molar-refractivity contribution in [3.8, 4) is 16.9 Å². The van der Waals surface area contributed by atoms with E-state index in [9.17, 15) is 13.2 Å². The van der Waals surface area contributed by atoms with Gasteiger partial charge in [0.05, 0.1) is 0 Å². The summed E-state index contributed by atoms with van der Waals surface area (Å²) in [4.78, 5) is 0. The molecule has 0 radical (unpaired) electrons. The third-order valence-corrected chi connectivity index (χ3v) is 4.95. The lowest BCUT2D eigenvalue weighted by atomic mass is 10.0. The molecule has 2 nitrogen and oxygen atoms in total. The highest BCUT2D eigenvalue weighted by Crippen LogP contribution is 2.30. The summed E-state index contributed by atoms with van der Waals surface area (Å²) in [6.07, 6.45) is -3.76. The Labute approximate surface area is 167 Å². The van der Waals surface area contributed by atoms with Gasteiger partial charge in [-0.1, -0.05) is 55.5 Å². The summed E-state index contributed by atoms with van der Waals surface area (Å²) in [5.74, 6) is -0.218. The van der Waals surface area contributed by atoms with Gasteiger partial charge >= 0.3 is 6.36 Å². The number of ether oxygens (including phenoxy) is 1. The third-order valence-electron chi connectivity index (χ3n) is 4.95. The van der Waals surface area contributed by atoms with Crippen LogP contribution in [-0.4, -0.2) is 10.9 Å². The quantitative estimate of drug-likeness (QED) is 0.362. The molecule has 4 aromatic rings. The molecule has 0 spiro atoms. The zero-order valence-corrected chi connectivity index (χ0v) is 15.9. The fourth-order valence-corrected chi connectivity index (χ4v) is 3.60. The summed E-state index contributed by atoms with van der Waals surface area (Å²) in [6.45, 7) is 2.94. The molecule has 5 heteroatoms. The maximum absolute atomic E-state index is 12.3. The highest BCUT2D eigenvalue weighted by Gasteiger charge is 2.30. The van der Waals surface area contributed by atoms with Crippen molar-refractivity contribution in [1.82, 2.24) is 4.57 Å². The van der Waals surface area contributed by atoms with Crippen LogP contribution in [0.5, 0.6) is 5.75 Å². The van der Waals surface area contributed by atoms with Crippen molar-refractivity contribution in [2.75, 3.05) is 0 Å². The molecule has 148 valence electrons. The van der Waals surface area contributed by atoms with Gasteiger partial charge in [0.15, 0.2) is 0 Å². The minimum atomic E-state index is -4.68. The molecule has 1 heterocycles. The number of halogens is 3. The fourth-order valence-electron chi connectivity index (χ4n) is 3.60. The number of rotatable bonds is 5. The number of hydrogen-bond donors (Lipinski definition) is 0. The number of hydrogen-bond acceptors (Lipinski definition) is 1.